The van der Waals surface area contributed by atoms with Gasteiger partial charge in [-0.1, -0.05) is 60.7 Å². The van der Waals surface area contributed by atoms with Crippen molar-refractivity contribution in [3.63, 3.8) is 0 Å². The predicted molar refractivity (Wildman–Crippen MR) is 205 cm³/mol. The van der Waals surface area contributed by atoms with Gasteiger partial charge in [0.05, 0.1) is 17.7 Å². The van der Waals surface area contributed by atoms with Crippen molar-refractivity contribution in [1.82, 2.24) is 9.55 Å². The second kappa shape index (κ2) is 10.8. The van der Waals surface area contributed by atoms with Crippen molar-refractivity contribution < 1.29 is 13.6 Å². The van der Waals surface area contributed by atoms with E-state index in [1.165, 1.54) is 0 Å². The molecule has 1 aliphatic rings. The van der Waals surface area contributed by atoms with E-state index < -0.39 is 0 Å². The number of anilines is 2. The van der Waals surface area contributed by atoms with Crippen molar-refractivity contribution in [2.24, 2.45) is 0 Å². The molecule has 0 unspecified atom stereocenters. The highest BCUT2D eigenvalue weighted by Crippen LogP contribution is 2.46. The molecule has 4 aromatic heterocycles. The highest BCUT2D eigenvalue weighted by atomic mass is 16.5. The van der Waals surface area contributed by atoms with Crippen molar-refractivity contribution in [3.05, 3.63) is 158 Å². The number of aromatic nitrogens is 2. The molecule has 0 spiro atoms. The van der Waals surface area contributed by atoms with Crippen LogP contribution < -0.4 is 14.5 Å². The SMILES string of the molecule is C1=CN(c2cc(Oc3ccc4c5ccccc5n(-c5ccccn5)c4c3)c3oc4ccc5oc6ccccc6c5c4c3c2)CN1c1ccccc1. The van der Waals surface area contributed by atoms with Gasteiger partial charge in [-0.2, -0.15) is 0 Å². The summed E-state index contributed by atoms with van der Waals surface area (Å²) in [6, 6.07) is 47.5. The molecule has 0 atom stereocenters. The van der Waals surface area contributed by atoms with Gasteiger partial charge in [-0.25, -0.2) is 4.98 Å². The van der Waals surface area contributed by atoms with Gasteiger partial charge in [0.15, 0.2) is 11.3 Å². The van der Waals surface area contributed by atoms with Gasteiger partial charge in [0.2, 0.25) is 0 Å². The van der Waals surface area contributed by atoms with Crippen LogP contribution in [0.25, 0.3) is 71.5 Å². The second-order valence-electron chi connectivity index (χ2n) is 12.9. The summed E-state index contributed by atoms with van der Waals surface area (Å²) in [4.78, 5) is 9.17. The van der Waals surface area contributed by atoms with Crippen LogP contribution in [0.4, 0.5) is 11.4 Å². The van der Waals surface area contributed by atoms with Crippen LogP contribution in [0, 0.1) is 0 Å². The molecule has 0 amide bonds. The van der Waals surface area contributed by atoms with E-state index in [0.717, 1.165) is 77.3 Å². The van der Waals surface area contributed by atoms with Crippen LogP contribution in [-0.4, -0.2) is 16.2 Å². The first-order valence-corrected chi connectivity index (χ1v) is 17.0. The van der Waals surface area contributed by atoms with E-state index in [0.29, 0.717) is 23.8 Å². The minimum absolute atomic E-state index is 0.631. The van der Waals surface area contributed by atoms with Crippen LogP contribution in [0.3, 0.4) is 0 Å². The summed E-state index contributed by atoms with van der Waals surface area (Å²) >= 11 is 0. The molecule has 0 fully saturated rings. The fraction of sp³-hybridized carbons (Fsp3) is 0.0227. The molecule has 0 radical (unpaired) electrons. The fourth-order valence-electron chi connectivity index (χ4n) is 7.63. The van der Waals surface area contributed by atoms with Crippen molar-refractivity contribution in [2.45, 2.75) is 0 Å². The summed E-state index contributed by atoms with van der Waals surface area (Å²) in [7, 11) is 0. The van der Waals surface area contributed by atoms with Gasteiger partial charge in [-0.15, -0.1) is 0 Å². The number of nitrogens with zero attached hydrogens (tertiary/aromatic N) is 4. The number of fused-ring (bicyclic) bond motifs is 10. The molecule has 7 heteroatoms. The maximum Gasteiger partial charge on any atom is 0.178 e. The summed E-state index contributed by atoms with van der Waals surface area (Å²) in [5, 5.41) is 6.35. The number of benzene rings is 6. The Balaban J connectivity index is 1.11. The van der Waals surface area contributed by atoms with Crippen LogP contribution in [-0.2, 0) is 0 Å². The Morgan fingerprint density at radius 1 is 0.529 bits per heavy atom. The Kier molecular flexibility index (Phi) is 5.89. The molecule has 11 rings (SSSR count). The molecule has 0 saturated carbocycles. The molecule has 51 heavy (non-hydrogen) atoms. The quantitative estimate of drug-likeness (QED) is 0.183. The lowest BCUT2D eigenvalue weighted by Gasteiger charge is -2.22. The Morgan fingerprint density at radius 2 is 1.25 bits per heavy atom. The summed E-state index contributed by atoms with van der Waals surface area (Å²) in [5.41, 5.74) is 7.35. The minimum Gasteiger partial charge on any atom is -0.456 e. The highest BCUT2D eigenvalue weighted by Gasteiger charge is 2.23. The summed E-state index contributed by atoms with van der Waals surface area (Å²) in [6.45, 7) is 0.658. The number of pyridine rings is 1. The molecule has 0 saturated heterocycles. The van der Waals surface area contributed by atoms with E-state index in [1.54, 1.807) is 0 Å². The molecular weight excluding hydrogens is 633 g/mol. The van der Waals surface area contributed by atoms with Crippen molar-refractivity contribution in [3.8, 4) is 17.3 Å². The van der Waals surface area contributed by atoms with Gasteiger partial charge in [-0.05, 0) is 66.7 Å². The third-order valence-electron chi connectivity index (χ3n) is 9.93. The maximum atomic E-state index is 6.89. The largest absolute Gasteiger partial charge is 0.456 e. The van der Waals surface area contributed by atoms with Crippen molar-refractivity contribution in [2.75, 3.05) is 16.5 Å². The smallest absolute Gasteiger partial charge is 0.178 e. The van der Waals surface area contributed by atoms with Crippen LogP contribution in [0.15, 0.2) is 167 Å². The minimum atomic E-state index is 0.631. The van der Waals surface area contributed by atoms with Crippen LogP contribution in [0.1, 0.15) is 0 Å². The summed E-state index contributed by atoms with van der Waals surface area (Å²) in [6.07, 6.45) is 6.05. The first kappa shape index (κ1) is 27.9. The normalized spacial score (nSPS) is 13.3. The first-order valence-electron chi connectivity index (χ1n) is 17.0. The first-order chi connectivity index (χ1) is 25.3. The van der Waals surface area contributed by atoms with E-state index in [1.807, 2.05) is 66.9 Å². The van der Waals surface area contributed by atoms with Gasteiger partial charge in [0, 0.05) is 74.4 Å². The summed E-state index contributed by atoms with van der Waals surface area (Å²) in [5.74, 6) is 2.18. The number of hydrogen-bond donors (Lipinski definition) is 0. The van der Waals surface area contributed by atoms with Gasteiger partial charge in [0.1, 0.15) is 28.3 Å². The van der Waals surface area contributed by atoms with Crippen LogP contribution >= 0.6 is 0 Å². The van der Waals surface area contributed by atoms with Gasteiger partial charge in [-0.3, -0.25) is 4.57 Å². The molecule has 0 aliphatic carbocycles. The maximum absolute atomic E-state index is 6.89. The standard InChI is InChI=1S/C44H28N4O3/c1-2-10-28(11-3-1)46-22-23-47(27-46)29-24-34-43-39(20-19-38-42(43)33-13-5-7-15-37(33)50-38)51-44(34)40(25-29)49-30-17-18-32-31-12-4-6-14-35(31)48(36(32)26-30)41-16-8-9-21-45-41/h1-26H,27H2. The van der Waals surface area contributed by atoms with Crippen LogP contribution in [0.2, 0.25) is 0 Å². The molecule has 1 aliphatic heterocycles. The Hall–Kier alpha value is -6.99. The van der Waals surface area contributed by atoms with E-state index in [9.17, 15) is 0 Å². The Morgan fingerprint density at radius 3 is 2.12 bits per heavy atom. The fourth-order valence-corrected chi connectivity index (χ4v) is 7.63. The third-order valence-corrected chi connectivity index (χ3v) is 9.93. The molecule has 7 nitrogen and oxygen atoms in total. The zero-order chi connectivity index (χ0) is 33.5. The van der Waals surface area contributed by atoms with E-state index in [4.69, 9.17) is 18.6 Å². The Labute approximate surface area is 291 Å². The van der Waals surface area contributed by atoms with E-state index in [-0.39, 0.29) is 0 Å². The van der Waals surface area contributed by atoms with Gasteiger partial charge < -0.3 is 23.4 Å². The highest BCUT2D eigenvalue weighted by molar-refractivity contribution is 6.26. The lowest BCUT2D eigenvalue weighted by molar-refractivity contribution is 0.477. The van der Waals surface area contributed by atoms with Crippen LogP contribution in [0.5, 0.6) is 11.5 Å². The number of furan rings is 2. The van der Waals surface area contributed by atoms with Gasteiger partial charge >= 0.3 is 0 Å². The molecule has 10 aromatic rings. The lowest BCUT2D eigenvalue weighted by Crippen LogP contribution is -2.24. The van der Waals surface area contributed by atoms with E-state index >= 15 is 0 Å². The average molecular weight is 661 g/mol. The topological polar surface area (TPSA) is 59.8 Å². The molecule has 0 bridgehead atoms. The molecule has 5 heterocycles. The Bertz CT molecular complexity index is 2990. The van der Waals surface area contributed by atoms with Crippen molar-refractivity contribution in [1.29, 1.82) is 0 Å². The van der Waals surface area contributed by atoms with E-state index in [2.05, 4.69) is 106 Å². The predicted octanol–water partition coefficient (Wildman–Crippen LogP) is 11.5. The zero-order valence-electron chi connectivity index (χ0n) is 27.2. The molecule has 0 N–H and O–H groups in total. The summed E-state index contributed by atoms with van der Waals surface area (Å²) < 4.78 is 22.1. The number of rotatable bonds is 5. The second-order valence-corrected chi connectivity index (χ2v) is 12.9. The monoisotopic (exact) mass is 660 g/mol. The van der Waals surface area contributed by atoms with Gasteiger partial charge in [0.25, 0.3) is 0 Å². The molecular formula is C44H28N4O3. The molecule has 242 valence electrons. The lowest BCUT2D eigenvalue weighted by atomic mass is 10.0. The third kappa shape index (κ3) is 4.28. The molecule has 6 aromatic carbocycles. The average Bonchev–Trinajstić information content (AvgIpc) is 3.97. The number of para-hydroxylation sites is 3. The number of hydrogen-bond acceptors (Lipinski definition) is 6. The number of ether oxygens (including phenoxy) is 1. The van der Waals surface area contributed by atoms with Crippen molar-refractivity contribution >= 4 is 77.1 Å². The zero-order valence-corrected chi connectivity index (χ0v) is 27.2.